The molecule has 1 aromatic rings. The van der Waals surface area contributed by atoms with E-state index in [4.69, 9.17) is 11.6 Å². The largest absolute Gasteiger partial charge is 0.356 e. The molecule has 1 atom stereocenters. The quantitative estimate of drug-likeness (QED) is 0.832. The van der Waals surface area contributed by atoms with Gasteiger partial charge in [-0.1, -0.05) is 37.6 Å². The second kappa shape index (κ2) is 8.34. The molecule has 1 N–H and O–H groups in total. The second-order valence-corrected chi connectivity index (χ2v) is 7.03. The molecule has 4 nitrogen and oxygen atoms in total. The van der Waals surface area contributed by atoms with Crippen LogP contribution in [0.15, 0.2) is 24.3 Å². The van der Waals surface area contributed by atoms with Crippen LogP contribution in [-0.2, 0) is 16.0 Å². The first kappa shape index (κ1) is 17.8. The van der Waals surface area contributed by atoms with Crippen LogP contribution in [0.1, 0.15) is 32.3 Å². The van der Waals surface area contributed by atoms with Gasteiger partial charge in [0.1, 0.15) is 0 Å². The Balaban J connectivity index is 1.79. The maximum absolute atomic E-state index is 12.1. The van der Waals surface area contributed by atoms with Crippen LogP contribution in [0, 0.1) is 11.8 Å². The van der Waals surface area contributed by atoms with Crippen molar-refractivity contribution in [3.05, 3.63) is 34.9 Å². The maximum atomic E-state index is 12.1. The van der Waals surface area contributed by atoms with Gasteiger partial charge in [-0.15, -0.1) is 0 Å². The van der Waals surface area contributed by atoms with Gasteiger partial charge < -0.3 is 10.2 Å². The van der Waals surface area contributed by atoms with Gasteiger partial charge in [-0.2, -0.15) is 0 Å². The molecule has 2 rings (SSSR count). The summed E-state index contributed by atoms with van der Waals surface area (Å²) in [5, 5.41) is 3.65. The summed E-state index contributed by atoms with van der Waals surface area (Å²) in [6.45, 7) is 6.09. The lowest BCUT2D eigenvalue weighted by molar-refractivity contribution is -0.129. The zero-order valence-corrected chi connectivity index (χ0v) is 14.6. The van der Waals surface area contributed by atoms with Crippen LogP contribution in [0.2, 0.25) is 5.02 Å². The van der Waals surface area contributed by atoms with E-state index in [1.165, 1.54) is 0 Å². The summed E-state index contributed by atoms with van der Waals surface area (Å²) in [5.41, 5.74) is 1.11. The van der Waals surface area contributed by atoms with Gasteiger partial charge in [0, 0.05) is 31.1 Å². The van der Waals surface area contributed by atoms with Gasteiger partial charge in [-0.3, -0.25) is 9.59 Å². The normalized spacial score (nSPS) is 17.8. The van der Waals surface area contributed by atoms with Gasteiger partial charge in [0.25, 0.3) is 0 Å². The van der Waals surface area contributed by atoms with Crippen molar-refractivity contribution in [3.8, 4) is 0 Å². The van der Waals surface area contributed by atoms with Crippen LogP contribution in [0.5, 0.6) is 0 Å². The fourth-order valence-corrected chi connectivity index (χ4v) is 2.96. The molecule has 2 amide bonds. The summed E-state index contributed by atoms with van der Waals surface area (Å²) in [6.07, 6.45) is 2.04. The lowest BCUT2D eigenvalue weighted by Gasteiger charge is -2.17. The van der Waals surface area contributed by atoms with Crippen molar-refractivity contribution in [1.82, 2.24) is 10.2 Å². The topological polar surface area (TPSA) is 49.4 Å². The highest BCUT2D eigenvalue weighted by atomic mass is 35.5. The Kier molecular flexibility index (Phi) is 6.46. The number of halogens is 1. The standard InChI is InChI=1S/C18H25ClN2O2/c1-13(2)6-8-20-18(23)15-11-17(22)21(12-15)9-7-14-4-3-5-16(19)10-14/h3-5,10,13,15H,6-9,11-12H2,1-2H3,(H,20,23). The molecule has 0 bridgehead atoms. The molecule has 0 aromatic heterocycles. The number of carbonyl (C=O) groups excluding carboxylic acids is 2. The van der Waals surface area contributed by atoms with Crippen LogP contribution < -0.4 is 5.32 Å². The monoisotopic (exact) mass is 336 g/mol. The fourth-order valence-electron chi connectivity index (χ4n) is 2.75. The number of nitrogens with one attached hydrogen (secondary N) is 1. The number of hydrogen-bond donors (Lipinski definition) is 1. The molecule has 1 aliphatic rings. The van der Waals surface area contributed by atoms with Gasteiger partial charge in [-0.05, 0) is 36.5 Å². The number of carbonyl (C=O) groups is 2. The predicted molar refractivity (Wildman–Crippen MR) is 92.3 cm³/mol. The molecule has 1 aromatic carbocycles. The van der Waals surface area contributed by atoms with E-state index in [2.05, 4.69) is 19.2 Å². The summed E-state index contributed by atoms with van der Waals surface area (Å²) in [6, 6.07) is 7.67. The van der Waals surface area contributed by atoms with Crippen molar-refractivity contribution in [2.45, 2.75) is 33.1 Å². The first-order valence-electron chi connectivity index (χ1n) is 8.25. The summed E-state index contributed by atoms with van der Waals surface area (Å²) >= 11 is 5.97. The molecule has 0 aliphatic carbocycles. The van der Waals surface area contributed by atoms with Crippen molar-refractivity contribution < 1.29 is 9.59 Å². The van der Waals surface area contributed by atoms with E-state index in [0.717, 1.165) is 18.4 Å². The number of likely N-dealkylation sites (tertiary alicyclic amines) is 1. The Labute approximate surface area is 143 Å². The van der Waals surface area contributed by atoms with Crippen LogP contribution in [0.4, 0.5) is 0 Å². The first-order chi connectivity index (χ1) is 11.0. The molecular formula is C18H25ClN2O2. The molecule has 1 fully saturated rings. The molecular weight excluding hydrogens is 312 g/mol. The van der Waals surface area contributed by atoms with Crippen molar-refractivity contribution in [1.29, 1.82) is 0 Å². The highest BCUT2D eigenvalue weighted by Crippen LogP contribution is 2.19. The minimum absolute atomic E-state index is 0.00394. The first-order valence-corrected chi connectivity index (χ1v) is 8.63. The Hall–Kier alpha value is -1.55. The van der Waals surface area contributed by atoms with E-state index in [0.29, 0.717) is 37.0 Å². The van der Waals surface area contributed by atoms with Gasteiger partial charge >= 0.3 is 0 Å². The Bertz CT molecular complexity index is 560. The van der Waals surface area contributed by atoms with Gasteiger partial charge in [0.15, 0.2) is 0 Å². The molecule has 1 unspecified atom stereocenters. The zero-order chi connectivity index (χ0) is 16.8. The zero-order valence-electron chi connectivity index (χ0n) is 13.8. The van der Waals surface area contributed by atoms with Gasteiger partial charge in [-0.25, -0.2) is 0 Å². The second-order valence-electron chi connectivity index (χ2n) is 6.59. The van der Waals surface area contributed by atoms with Crippen LogP contribution in [-0.4, -0.2) is 36.3 Å². The predicted octanol–water partition coefficient (Wildman–Crippen LogP) is 2.89. The van der Waals surface area contributed by atoms with Crippen molar-refractivity contribution in [2.75, 3.05) is 19.6 Å². The van der Waals surface area contributed by atoms with Gasteiger partial charge in [0.05, 0.1) is 5.92 Å². The highest BCUT2D eigenvalue weighted by molar-refractivity contribution is 6.30. The number of amides is 2. The molecule has 5 heteroatoms. The molecule has 23 heavy (non-hydrogen) atoms. The number of rotatable bonds is 7. The molecule has 0 radical (unpaired) electrons. The molecule has 0 spiro atoms. The average molecular weight is 337 g/mol. The van der Waals surface area contributed by atoms with Gasteiger partial charge in [0.2, 0.25) is 11.8 Å². The number of benzene rings is 1. The highest BCUT2D eigenvalue weighted by Gasteiger charge is 2.33. The summed E-state index contributed by atoms with van der Waals surface area (Å²) in [7, 11) is 0. The van der Waals surface area contributed by atoms with E-state index in [-0.39, 0.29) is 17.7 Å². The summed E-state index contributed by atoms with van der Waals surface area (Å²) in [5.74, 6) is 0.420. The maximum Gasteiger partial charge on any atom is 0.225 e. The van der Waals surface area contributed by atoms with Crippen LogP contribution in [0.3, 0.4) is 0 Å². The average Bonchev–Trinajstić information content (AvgIpc) is 2.86. The van der Waals surface area contributed by atoms with Crippen molar-refractivity contribution in [3.63, 3.8) is 0 Å². The molecule has 1 aliphatic heterocycles. The molecule has 0 saturated carbocycles. The van der Waals surface area contributed by atoms with Crippen LogP contribution >= 0.6 is 11.6 Å². The fraction of sp³-hybridized carbons (Fsp3) is 0.556. The molecule has 1 heterocycles. The van der Waals surface area contributed by atoms with E-state index >= 15 is 0 Å². The Morgan fingerprint density at radius 1 is 1.43 bits per heavy atom. The minimum Gasteiger partial charge on any atom is -0.356 e. The molecule has 1 saturated heterocycles. The third-order valence-electron chi connectivity index (χ3n) is 4.17. The van der Waals surface area contributed by atoms with E-state index in [1.54, 1.807) is 4.90 Å². The summed E-state index contributed by atoms with van der Waals surface area (Å²) in [4.78, 5) is 26.0. The van der Waals surface area contributed by atoms with E-state index in [9.17, 15) is 9.59 Å². The van der Waals surface area contributed by atoms with Crippen molar-refractivity contribution >= 4 is 23.4 Å². The van der Waals surface area contributed by atoms with E-state index < -0.39 is 0 Å². The summed E-state index contributed by atoms with van der Waals surface area (Å²) < 4.78 is 0. The SMILES string of the molecule is CC(C)CCNC(=O)C1CC(=O)N(CCc2cccc(Cl)c2)C1. The Morgan fingerprint density at radius 2 is 2.22 bits per heavy atom. The number of nitrogens with zero attached hydrogens (tertiary/aromatic N) is 1. The minimum atomic E-state index is -0.214. The third-order valence-corrected chi connectivity index (χ3v) is 4.40. The Morgan fingerprint density at radius 3 is 2.91 bits per heavy atom. The van der Waals surface area contributed by atoms with Crippen molar-refractivity contribution in [2.24, 2.45) is 11.8 Å². The lowest BCUT2D eigenvalue weighted by atomic mass is 10.1. The third kappa shape index (κ3) is 5.54. The van der Waals surface area contributed by atoms with E-state index in [1.807, 2.05) is 24.3 Å². The van der Waals surface area contributed by atoms with Crippen LogP contribution in [0.25, 0.3) is 0 Å². The number of hydrogen-bond acceptors (Lipinski definition) is 2. The smallest absolute Gasteiger partial charge is 0.225 e. The lowest BCUT2D eigenvalue weighted by Crippen LogP contribution is -2.34. The molecule has 126 valence electrons.